The first-order valence-corrected chi connectivity index (χ1v) is 8.06. The molecule has 1 aromatic carbocycles. The summed E-state index contributed by atoms with van der Waals surface area (Å²) in [6.45, 7) is -0.212. The van der Waals surface area contributed by atoms with Gasteiger partial charge in [0.2, 0.25) is 0 Å². The van der Waals surface area contributed by atoms with Crippen molar-refractivity contribution in [1.29, 1.82) is 0 Å². The maximum atomic E-state index is 14.1. The van der Waals surface area contributed by atoms with E-state index in [2.05, 4.69) is 10.4 Å². The molecular weight excluding hydrogens is 349 g/mol. The lowest BCUT2D eigenvalue weighted by Crippen LogP contribution is -2.14. The first kappa shape index (κ1) is 17.1. The summed E-state index contributed by atoms with van der Waals surface area (Å²) in [5, 5.41) is 15.7. The van der Waals surface area contributed by atoms with Crippen molar-refractivity contribution in [2.75, 3.05) is 12.4 Å². The maximum Gasteiger partial charge on any atom is 0.325 e. The number of anilines is 1. The summed E-state index contributed by atoms with van der Waals surface area (Å²) < 4.78 is 21.1. The molecule has 2 aromatic heterocycles. The minimum Gasteiger partial charge on any atom is -0.480 e. The van der Waals surface area contributed by atoms with Crippen LogP contribution < -0.4 is 5.32 Å². The number of halogens is 1. The monoisotopic (exact) mass is 363 g/mol. The Hall–Kier alpha value is -2.78. The van der Waals surface area contributed by atoms with Crippen molar-refractivity contribution in [2.45, 2.75) is 13.2 Å². The van der Waals surface area contributed by atoms with E-state index in [9.17, 15) is 14.0 Å². The van der Waals surface area contributed by atoms with Gasteiger partial charge in [0.25, 0.3) is 5.91 Å². The zero-order valence-corrected chi connectivity index (χ0v) is 14.0. The van der Waals surface area contributed by atoms with Gasteiger partial charge in [-0.2, -0.15) is 5.10 Å². The Morgan fingerprint density at radius 1 is 1.40 bits per heavy atom. The number of hydrogen-bond donors (Lipinski definition) is 2. The molecule has 0 aliphatic heterocycles. The molecule has 130 valence electrons. The van der Waals surface area contributed by atoms with Crippen LogP contribution in [-0.4, -0.2) is 33.9 Å². The number of carboxylic acids is 1. The molecule has 0 saturated carbocycles. The number of rotatable bonds is 6. The third-order valence-electron chi connectivity index (χ3n) is 3.44. The Balaban J connectivity index is 1.91. The predicted octanol–water partition coefficient (Wildman–Crippen LogP) is 2.72. The molecule has 2 heterocycles. The van der Waals surface area contributed by atoms with Gasteiger partial charge in [-0.05, 0) is 12.1 Å². The van der Waals surface area contributed by atoms with Crippen LogP contribution >= 0.6 is 11.3 Å². The number of amides is 1. The summed E-state index contributed by atoms with van der Waals surface area (Å²) in [7, 11) is 1.47. The fourth-order valence-corrected chi connectivity index (χ4v) is 3.58. The number of carbonyl (C=O) groups is 2. The van der Waals surface area contributed by atoms with Crippen LogP contribution in [0.25, 0.3) is 10.1 Å². The molecule has 2 N–H and O–H groups in total. The van der Waals surface area contributed by atoms with Crippen molar-refractivity contribution in [3.05, 3.63) is 46.7 Å². The van der Waals surface area contributed by atoms with Crippen molar-refractivity contribution in [3.63, 3.8) is 0 Å². The number of nitrogens with one attached hydrogen (secondary N) is 1. The molecular formula is C16H14FN3O4S. The van der Waals surface area contributed by atoms with Gasteiger partial charge in [0, 0.05) is 35.0 Å². The van der Waals surface area contributed by atoms with Crippen LogP contribution in [0.15, 0.2) is 30.5 Å². The molecule has 25 heavy (non-hydrogen) atoms. The quantitative estimate of drug-likeness (QED) is 0.702. The highest BCUT2D eigenvalue weighted by Crippen LogP contribution is 2.34. The number of aromatic nitrogens is 2. The van der Waals surface area contributed by atoms with Crippen molar-refractivity contribution in [2.24, 2.45) is 0 Å². The van der Waals surface area contributed by atoms with Crippen LogP contribution in [-0.2, 0) is 22.7 Å². The van der Waals surface area contributed by atoms with Gasteiger partial charge in [0.05, 0.1) is 11.5 Å². The lowest BCUT2D eigenvalue weighted by Gasteiger charge is -2.04. The molecule has 3 rings (SSSR count). The highest BCUT2D eigenvalue weighted by Gasteiger charge is 2.21. The molecule has 0 spiro atoms. The number of benzene rings is 1. The smallest absolute Gasteiger partial charge is 0.325 e. The van der Waals surface area contributed by atoms with Crippen molar-refractivity contribution in [1.82, 2.24) is 9.78 Å². The molecule has 0 fully saturated rings. The fourth-order valence-electron chi connectivity index (χ4n) is 2.46. The van der Waals surface area contributed by atoms with Crippen LogP contribution in [0.1, 0.15) is 15.2 Å². The number of thiophene rings is 1. The molecule has 0 radical (unpaired) electrons. The van der Waals surface area contributed by atoms with Gasteiger partial charge in [-0.15, -0.1) is 11.3 Å². The number of fused-ring (bicyclic) bond motifs is 1. The van der Waals surface area contributed by atoms with E-state index in [-0.39, 0.29) is 19.0 Å². The number of carbonyl (C=O) groups excluding carboxylic acids is 1. The topological polar surface area (TPSA) is 93.5 Å². The Morgan fingerprint density at radius 2 is 2.20 bits per heavy atom. The molecule has 0 aliphatic carbocycles. The predicted molar refractivity (Wildman–Crippen MR) is 90.3 cm³/mol. The Labute approximate surface area is 145 Å². The molecule has 0 saturated heterocycles. The first-order chi connectivity index (χ1) is 12.0. The molecule has 0 atom stereocenters. The summed E-state index contributed by atoms with van der Waals surface area (Å²) in [5.41, 5.74) is 0.475. The van der Waals surface area contributed by atoms with Gasteiger partial charge >= 0.3 is 5.97 Å². The number of carboxylic acid groups (broad SMARTS) is 1. The highest BCUT2D eigenvalue weighted by molar-refractivity contribution is 7.21. The lowest BCUT2D eigenvalue weighted by molar-refractivity contribution is -0.137. The van der Waals surface area contributed by atoms with Gasteiger partial charge in [-0.3, -0.25) is 14.3 Å². The van der Waals surface area contributed by atoms with E-state index in [1.165, 1.54) is 30.1 Å². The van der Waals surface area contributed by atoms with E-state index in [0.29, 0.717) is 20.5 Å². The van der Waals surface area contributed by atoms with Gasteiger partial charge < -0.3 is 15.2 Å². The average molecular weight is 363 g/mol. The second kappa shape index (κ2) is 6.99. The molecule has 0 bridgehead atoms. The standard InChI is InChI=1S/C16H14FN3O4S/c1-24-8-9-14-10(17)3-2-4-11(14)25-15(9)16(23)18-12-5-6-20(19-12)7-13(21)22/h2-6H,7-8H2,1H3,(H,21,22)(H,18,19,23). The lowest BCUT2D eigenvalue weighted by atomic mass is 10.1. The zero-order valence-electron chi connectivity index (χ0n) is 13.2. The number of ether oxygens (including phenoxy) is 1. The number of nitrogens with zero attached hydrogens (tertiary/aromatic N) is 2. The van der Waals surface area contributed by atoms with E-state index >= 15 is 0 Å². The Kier molecular flexibility index (Phi) is 4.77. The van der Waals surface area contributed by atoms with Crippen molar-refractivity contribution in [3.8, 4) is 0 Å². The summed E-state index contributed by atoms with van der Waals surface area (Å²) in [5.74, 6) is -1.69. The largest absolute Gasteiger partial charge is 0.480 e. The first-order valence-electron chi connectivity index (χ1n) is 7.25. The van der Waals surface area contributed by atoms with E-state index in [4.69, 9.17) is 9.84 Å². The molecule has 1 amide bonds. The van der Waals surface area contributed by atoms with Crippen LogP contribution in [0.2, 0.25) is 0 Å². The minimum atomic E-state index is -1.04. The molecule has 3 aromatic rings. The third kappa shape index (κ3) is 3.52. The third-order valence-corrected chi connectivity index (χ3v) is 4.63. The molecule has 9 heteroatoms. The van der Waals surface area contributed by atoms with Crippen molar-refractivity contribution >= 4 is 39.1 Å². The number of hydrogen-bond acceptors (Lipinski definition) is 5. The second-order valence-electron chi connectivity index (χ2n) is 5.20. The summed E-state index contributed by atoms with van der Waals surface area (Å²) in [6.07, 6.45) is 1.45. The van der Waals surface area contributed by atoms with Gasteiger partial charge in [-0.1, -0.05) is 6.07 Å². The normalized spacial score (nSPS) is 11.0. The Morgan fingerprint density at radius 3 is 2.92 bits per heavy atom. The maximum absolute atomic E-state index is 14.1. The number of aliphatic carboxylic acids is 1. The van der Waals surface area contributed by atoms with Gasteiger partial charge in [0.15, 0.2) is 5.82 Å². The van der Waals surface area contributed by atoms with E-state index in [0.717, 1.165) is 11.3 Å². The summed E-state index contributed by atoms with van der Waals surface area (Å²) in [6, 6.07) is 6.15. The van der Waals surface area contributed by atoms with E-state index in [1.807, 2.05) is 0 Å². The van der Waals surface area contributed by atoms with Crippen LogP contribution in [0, 0.1) is 5.82 Å². The summed E-state index contributed by atoms with van der Waals surface area (Å²) >= 11 is 1.16. The average Bonchev–Trinajstić information content (AvgIpc) is 3.13. The Bertz CT molecular complexity index is 950. The highest BCUT2D eigenvalue weighted by atomic mass is 32.1. The molecule has 0 unspecified atom stereocenters. The number of methoxy groups -OCH3 is 1. The van der Waals surface area contributed by atoms with E-state index in [1.54, 1.807) is 12.1 Å². The fraction of sp³-hybridized carbons (Fsp3) is 0.188. The van der Waals surface area contributed by atoms with E-state index < -0.39 is 17.7 Å². The van der Waals surface area contributed by atoms with Gasteiger partial charge in [-0.25, -0.2) is 4.39 Å². The van der Waals surface area contributed by atoms with Crippen LogP contribution in [0.4, 0.5) is 10.2 Å². The summed E-state index contributed by atoms with van der Waals surface area (Å²) in [4.78, 5) is 23.6. The second-order valence-corrected chi connectivity index (χ2v) is 6.25. The molecule has 0 aliphatic rings. The SMILES string of the molecule is COCc1c(C(=O)Nc2ccn(CC(=O)O)n2)sc2cccc(F)c12. The zero-order chi connectivity index (χ0) is 18.0. The van der Waals surface area contributed by atoms with Crippen molar-refractivity contribution < 1.29 is 23.8 Å². The molecule has 7 nitrogen and oxygen atoms in total. The van der Waals surface area contributed by atoms with Crippen LogP contribution in [0.3, 0.4) is 0 Å². The van der Waals surface area contributed by atoms with Crippen LogP contribution in [0.5, 0.6) is 0 Å². The van der Waals surface area contributed by atoms with Gasteiger partial charge in [0.1, 0.15) is 12.4 Å². The minimum absolute atomic E-state index is 0.0944.